The number of halogens is 1. The van der Waals surface area contributed by atoms with Gasteiger partial charge in [-0.15, -0.1) is 0 Å². The minimum absolute atomic E-state index is 0.263. The minimum Gasteiger partial charge on any atom is -0.490 e. The molecular formula is C25H26ClN3O. The predicted octanol–water partition coefficient (Wildman–Crippen LogP) is 6.90. The highest BCUT2D eigenvalue weighted by atomic mass is 35.5. The van der Waals surface area contributed by atoms with Gasteiger partial charge in [-0.2, -0.15) is 0 Å². The Morgan fingerprint density at radius 1 is 1.07 bits per heavy atom. The maximum absolute atomic E-state index is 6.42. The van der Waals surface area contributed by atoms with E-state index in [4.69, 9.17) is 21.3 Å². The normalized spacial score (nSPS) is 20.5. The van der Waals surface area contributed by atoms with Gasteiger partial charge in [0.1, 0.15) is 11.6 Å². The highest BCUT2D eigenvalue weighted by Crippen LogP contribution is 2.39. The van der Waals surface area contributed by atoms with Crippen LogP contribution in [0.4, 0.5) is 0 Å². The van der Waals surface area contributed by atoms with Gasteiger partial charge < -0.3 is 9.72 Å². The van der Waals surface area contributed by atoms with Crippen LogP contribution in [0.5, 0.6) is 5.75 Å². The van der Waals surface area contributed by atoms with Crippen molar-refractivity contribution in [1.29, 1.82) is 0 Å². The molecule has 30 heavy (non-hydrogen) atoms. The Kier molecular flexibility index (Phi) is 5.34. The molecule has 4 nitrogen and oxygen atoms in total. The number of rotatable bonds is 5. The molecule has 0 saturated heterocycles. The quantitative estimate of drug-likeness (QED) is 0.383. The van der Waals surface area contributed by atoms with Crippen LogP contribution in [0.1, 0.15) is 50.8 Å². The van der Waals surface area contributed by atoms with Gasteiger partial charge in [-0.3, -0.25) is 4.98 Å². The second-order valence-corrected chi connectivity index (χ2v) is 8.72. The summed E-state index contributed by atoms with van der Waals surface area (Å²) in [5.74, 6) is 3.11. The number of nitrogens with zero attached hydrogens (tertiary/aromatic N) is 2. The van der Waals surface area contributed by atoms with E-state index < -0.39 is 0 Å². The molecule has 0 amide bonds. The van der Waals surface area contributed by atoms with E-state index in [0.29, 0.717) is 11.8 Å². The summed E-state index contributed by atoms with van der Waals surface area (Å²) in [6.07, 6.45) is 7.64. The number of imidazole rings is 1. The Morgan fingerprint density at radius 3 is 2.73 bits per heavy atom. The fourth-order valence-electron chi connectivity index (χ4n) is 4.89. The van der Waals surface area contributed by atoms with Gasteiger partial charge in [0.05, 0.1) is 22.7 Å². The lowest BCUT2D eigenvalue weighted by Crippen LogP contribution is -2.27. The zero-order valence-electron chi connectivity index (χ0n) is 17.1. The van der Waals surface area contributed by atoms with Crippen molar-refractivity contribution >= 4 is 33.5 Å². The van der Waals surface area contributed by atoms with Gasteiger partial charge >= 0.3 is 0 Å². The van der Waals surface area contributed by atoms with Crippen LogP contribution in [0.25, 0.3) is 21.9 Å². The predicted molar refractivity (Wildman–Crippen MR) is 122 cm³/mol. The van der Waals surface area contributed by atoms with Gasteiger partial charge in [-0.25, -0.2) is 4.98 Å². The van der Waals surface area contributed by atoms with E-state index in [1.165, 1.54) is 0 Å². The van der Waals surface area contributed by atoms with Crippen LogP contribution >= 0.6 is 11.6 Å². The van der Waals surface area contributed by atoms with Gasteiger partial charge in [0, 0.05) is 22.5 Å². The third-order valence-electron chi connectivity index (χ3n) is 6.44. The molecule has 2 heterocycles. The number of hydrogen-bond donors (Lipinski definition) is 1. The van der Waals surface area contributed by atoms with Crippen LogP contribution in [-0.2, 0) is 0 Å². The summed E-state index contributed by atoms with van der Waals surface area (Å²) >= 11 is 6.14. The van der Waals surface area contributed by atoms with Crippen LogP contribution in [-0.4, -0.2) is 21.1 Å². The first-order valence-electron chi connectivity index (χ1n) is 10.9. The van der Waals surface area contributed by atoms with Gasteiger partial charge in [0.15, 0.2) is 0 Å². The average Bonchev–Trinajstić information content (AvgIpc) is 3.18. The molecule has 0 aliphatic heterocycles. The van der Waals surface area contributed by atoms with E-state index >= 15 is 0 Å². The van der Waals surface area contributed by atoms with E-state index in [0.717, 1.165) is 70.6 Å². The lowest BCUT2D eigenvalue weighted by atomic mass is 9.77. The molecule has 1 saturated carbocycles. The number of aromatic nitrogens is 3. The lowest BCUT2D eigenvalue weighted by molar-refractivity contribution is 0.122. The Labute approximate surface area is 181 Å². The second-order valence-electron chi connectivity index (χ2n) is 8.28. The molecule has 1 atom stereocenters. The topological polar surface area (TPSA) is 50.8 Å². The minimum atomic E-state index is 0.263. The van der Waals surface area contributed by atoms with Crippen LogP contribution in [0, 0.1) is 5.92 Å². The molecule has 1 aliphatic carbocycles. The second kappa shape index (κ2) is 8.27. The van der Waals surface area contributed by atoms with Crippen molar-refractivity contribution in [2.75, 3.05) is 0 Å². The molecule has 5 heteroatoms. The van der Waals surface area contributed by atoms with Gasteiger partial charge in [-0.1, -0.05) is 30.7 Å². The number of pyridine rings is 1. The SMILES string of the molecule is CCC(c1nc2ccc(Cl)cc2[nH]1)[C@H]1CC[C@@H](Oc2ccnc3ccccc23)CC1. The monoisotopic (exact) mass is 419 g/mol. The van der Waals surface area contributed by atoms with E-state index in [-0.39, 0.29) is 6.10 Å². The number of para-hydroxylation sites is 1. The van der Waals surface area contributed by atoms with E-state index in [2.05, 4.69) is 23.0 Å². The molecule has 2 aromatic heterocycles. The standard InChI is InChI=1S/C25H26ClN3O/c1-2-19(25-28-22-12-9-17(26)15-23(22)29-25)16-7-10-18(11-8-16)30-24-13-14-27-21-6-4-3-5-20(21)24/h3-6,9,12-16,18-19H,2,7-8,10-11H2,1H3,(H,28,29)/t16-,18+,19?. The molecule has 1 fully saturated rings. The van der Waals surface area contributed by atoms with Crippen molar-refractivity contribution in [2.24, 2.45) is 5.92 Å². The molecule has 1 unspecified atom stereocenters. The Balaban J connectivity index is 1.28. The highest BCUT2D eigenvalue weighted by molar-refractivity contribution is 6.31. The molecule has 4 aromatic rings. The molecule has 1 aliphatic rings. The number of ether oxygens (including phenoxy) is 1. The fraction of sp³-hybridized carbons (Fsp3) is 0.360. The van der Waals surface area contributed by atoms with Crippen LogP contribution in [0.2, 0.25) is 5.02 Å². The summed E-state index contributed by atoms with van der Waals surface area (Å²) in [7, 11) is 0. The molecule has 2 aromatic carbocycles. The van der Waals surface area contributed by atoms with Crippen molar-refractivity contribution < 1.29 is 4.74 Å². The molecule has 0 spiro atoms. The molecule has 0 bridgehead atoms. The van der Waals surface area contributed by atoms with E-state index in [1.807, 2.05) is 48.7 Å². The maximum Gasteiger partial charge on any atom is 0.130 e. The molecular weight excluding hydrogens is 394 g/mol. The number of hydrogen-bond acceptors (Lipinski definition) is 3. The van der Waals surface area contributed by atoms with Gasteiger partial charge in [0.2, 0.25) is 0 Å². The number of fused-ring (bicyclic) bond motifs is 2. The summed E-state index contributed by atoms with van der Waals surface area (Å²) in [5, 5.41) is 1.83. The summed E-state index contributed by atoms with van der Waals surface area (Å²) in [6.45, 7) is 2.26. The van der Waals surface area contributed by atoms with E-state index in [1.54, 1.807) is 0 Å². The average molecular weight is 420 g/mol. The maximum atomic E-state index is 6.42. The van der Waals surface area contributed by atoms with Crippen molar-refractivity contribution in [3.05, 3.63) is 65.6 Å². The van der Waals surface area contributed by atoms with Crippen LogP contribution in [0.15, 0.2) is 54.7 Å². The smallest absolute Gasteiger partial charge is 0.130 e. The van der Waals surface area contributed by atoms with Crippen LogP contribution in [0.3, 0.4) is 0 Å². The first-order valence-corrected chi connectivity index (χ1v) is 11.2. The Morgan fingerprint density at radius 2 is 1.90 bits per heavy atom. The Bertz CT molecular complexity index is 1160. The van der Waals surface area contributed by atoms with Gasteiger partial charge in [0.25, 0.3) is 0 Å². The number of aromatic amines is 1. The third kappa shape index (κ3) is 3.77. The number of nitrogens with one attached hydrogen (secondary N) is 1. The molecule has 154 valence electrons. The summed E-state index contributed by atoms with van der Waals surface area (Å²) in [4.78, 5) is 12.8. The number of H-pyrrole nitrogens is 1. The van der Waals surface area contributed by atoms with Crippen molar-refractivity contribution in [3.8, 4) is 5.75 Å². The lowest BCUT2D eigenvalue weighted by Gasteiger charge is -2.33. The number of benzene rings is 2. The van der Waals surface area contributed by atoms with Crippen LogP contribution < -0.4 is 4.74 Å². The summed E-state index contributed by atoms with van der Waals surface area (Å²) < 4.78 is 6.42. The zero-order valence-corrected chi connectivity index (χ0v) is 17.9. The van der Waals surface area contributed by atoms with Crippen molar-refractivity contribution in [1.82, 2.24) is 15.0 Å². The first kappa shape index (κ1) is 19.4. The fourth-order valence-corrected chi connectivity index (χ4v) is 5.06. The Hall–Kier alpha value is -2.59. The molecule has 0 radical (unpaired) electrons. The van der Waals surface area contributed by atoms with Gasteiger partial charge in [-0.05, 0) is 74.4 Å². The molecule has 1 N–H and O–H groups in total. The van der Waals surface area contributed by atoms with Crippen molar-refractivity contribution in [3.63, 3.8) is 0 Å². The van der Waals surface area contributed by atoms with Crippen molar-refractivity contribution in [2.45, 2.75) is 51.0 Å². The zero-order chi connectivity index (χ0) is 20.5. The third-order valence-corrected chi connectivity index (χ3v) is 6.68. The summed E-state index contributed by atoms with van der Waals surface area (Å²) in [5.41, 5.74) is 3.01. The summed E-state index contributed by atoms with van der Waals surface area (Å²) in [6, 6.07) is 16.0. The first-order chi connectivity index (χ1) is 14.7. The molecule has 5 rings (SSSR count). The largest absolute Gasteiger partial charge is 0.490 e. The van der Waals surface area contributed by atoms with E-state index in [9.17, 15) is 0 Å². The highest BCUT2D eigenvalue weighted by Gasteiger charge is 2.30.